The van der Waals surface area contributed by atoms with Crippen molar-refractivity contribution in [3.63, 3.8) is 0 Å². The predicted molar refractivity (Wildman–Crippen MR) is 169 cm³/mol. The molecule has 0 radical (unpaired) electrons. The number of hydrogen-bond acceptors (Lipinski definition) is 10. The first kappa shape index (κ1) is 29.7. The van der Waals surface area contributed by atoms with Gasteiger partial charge < -0.3 is 25.4 Å². The maximum atomic E-state index is 17.0. The third kappa shape index (κ3) is 4.69. The fraction of sp³-hybridized carbons (Fsp3) is 0.419. The van der Waals surface area contributed by atoms with E-state index >= 15 is 4.39 Å². The molecule has 45 heavy (non-hydrogen) atoms. The summed E-state index contributed by atoms with van der Waals surface area (Å²) in [7, 11) is 3.63. The van der Waals surface area contributed by atoms with Gasteiger partial charge in [0.25, 0.3) is 0 Å². The fourth-order valence-corrected chi connectivity index (χ4v) is 8.10. The zero-order valence-electron chi connectivity index (χ0n) is 24.8. The molecule has 2 fully saturated rings. The number of nitriles is 1. The largest absolute Gasteiger partial charge is 0.489 e. The molecule has 3 aliphatic rings. The van der Waals surface area contributed by atoms with Crippen molar-refractivity contribution < 1.29 is 23.0 Å². The highest BCUT2D eigenvalue weighted by atomic mass is 35.5. The number of halogens is 3. The highest BCUT2D eigenvalue weighted by Gasteiger charge is 2.48. The third-order valence-electron chi connectivity index (χ3n) is 9.14. The highest BCUT2D eigenvalue weighted by molar-refractivity contribution is 7.23. The molecule has 2 aromatic heterocycles. The third-order valence-corrected chi connectivity index (χ3v) is 10.5. The van der Waals surface area contributed by atoms with Crippen molar-refractivity contribution in [1.29, 1.82) is 5.26 Å². The van der Waals surface area contributed by atoms with Crippen molar-refractivity contribution in [2.24, 2.45) is 5.92 Å². The Balaban J connectivity index is 1.47. The van der Waals surface area contributed by atoms with Gasteiger partial charge in [-0.2, -0.15) is 15.2 Å². The van der Waals surface area contributed by atoms with Crippen LogP contribution in [-0.2, 0) is 4.79 Å². The average Bonchev–Trinajstić information content (AvgIpc) is 3.62. The van der Waals surface area contributed by atoms with Crippen LogP contribution in [0.4, 0.5) is 19.6 Å². The number of likely N-dealkylation sites (tertiary alicyclic amines) is 1. The summed E-state index contributed by atoms with van der Waals surface area (Å²) in [5.41, 5.74) is 6.10. The van der Waals surface area contributed by atoms with Crippen LogP contribution in [0, 0.1) is 28.9 Å². The van der Waals surface area contributed by atoms with E-state index in [0.717, 1.165) is 30.7 Å². The number of nitrogens with two attached hydrogens (primary N) is 1. The van der Waals surface area contributed by atoms with Crippen LogP contribution in [-0.4, -0.2) is 72.8 Å². The van der Waals surface area contributed by atoms with Gasteiger partial charge >= 0.3 is 6.01 Å². The zero-order chi connectivity index (χ0) is 31.7. The first-order valence-electron chi connectivity index (χ1n) is 14.8. The van der Waals surface area contributed by atoms with Gasteiger partial charge in [-0.05, 0) is 51.4 Å². The minimum absolute atomic E-state index is 0.0192. The van der Waals surface area contributed by atoms with Crippen molar-refractivity contribution in [2.45, 2.75) is 44.4 Å². The number of hydrogen-bond donors (Lipinski definition) is 2. The minimum atomic E-state index is -0.802. The van der Waals surface area contributed by atoms with E-state index in [2.05, 4.69) is 15.2 Å². The van der Waals surface area contributed by atoms with Gasteiger partial charge in [0, 0.05) is 30.1 Å². The Kier molecular flexibility index (Phi) is 7.34. The van der Waals surface area contributed by atoms with Crippen molar-refractivity contribution in [1.82, 2.24) is 20.2 Å². The molecule has 1 amide bonds. The second-order valence-electron chi connectivity index (χ2n) is 11.7. The second-order valence-corrected chi connectivity index (χ2v) is 13.1. The van der Waals surface area contributed by atoms with E-state index in [1.54, 1.807) is 7.05 Å². The monoisotopic (exact) mass is 653 g/mol. The number of fused-ring (bicyclic) bond motifs is 1. The molecule has 0 unspecified atom stereocenters. The summed E-state index contributed by atoms with van der Waals surface area (Å²) in [6.07, 6.45) is 2.28. The van der Waals surface area contributed by atoms with Crippen molar-refractivity contribution in [2.75, 3.05) is 44.4 Å². The molecular formula is C31H30ClF2N7O3S. The Labute approximate surface area is 266 Å². The van der Waals surface area contributed by atoms with Crippen LogP contribution in [0.5, 0.6) is 11.8 Å². The van der Waals surface area contributed by atoms with Gasteiger partial charge in [0.2, 0.25) is 5.91 Å². The SMILES string of the molecule is CNC(=O)[C@H]1C[C@H]1N1CCOc2c(Cl)c(-c3ccc(F)c4sc(N)c(C#N)c34)c(F)c3nc(O[C@@H](C)[C@@H]4CCCN4C)nc1c23. The molecule has 4 heterocycles. The summed E-state index contributed by atoms with van der Waals surface area (Å²) in [6.45, 7) is 3.41. The standard InChI is InChI=1S/C31H30ClF2N7O3S/c1-13(18-5-4-8-40(18)3)44-31-38-25-22-26(43-10-9-41(29(22)39-31)19-11-15(19)30(42)37-2)23(32)21(24(25)34)14-6-7-17(33)27-20(14)16(12-35)28(36)45-27/h6-7,13,15,18-19H,4-5,8-11,36H2,1-3H3,(H,37,42)/t13-,15-,18-,19+/m0/s1. The number of likely N-dealkylation sites (N-methyl/N-ethyl adjacent to an activating group) is 1. The summed E-state index contributed by atoms with van der Waals surface area (Å²) in [4.78, 5) is 26.1. The highest BCUT2D eigenvalue weighted by Crippen LogP contribution is 2.52. The molecule has 234 valence electrons. The average molecular weight is 654 g/mol. The van der Waals surface area contributed by atoms with Crippen molar-refractivity contribution in [3.05, 3.63) is 34.4 Å². The number of carbonyl (C=O) groups excluding carboxylic acids is 1. The summed E-state index contributed by atoms with van der Waals surface area (Å²) in [5.74, 6) is -1.23. The quantitative estimate of drug-likeness (QED) is 0.292. The number of aromatic nitrogens is 2. The molecule has 0 bridgehead atoms. The molecule has 4 aromatic rings. The summed E-state index contributed by atoms with van der Waals surface area (Å²) < 4.78 is 44.6. The Morgan fingerprint density at radius 1 is 1.31 bits per heavy atom. The zero-order valence-corrected chi connectivity index (χ0v) is 26.4. The minimum Gasteiger partial charge on any atom is -0.489 e. The van der Waals surface area contributed by atoms with Gasteiger partial charge in [-0.3, -0.25) is 9.69 Å². The molecule has 2 aliphatic heterocycles. The Morgan fingerprint density at radius 2 is 2.11 bits per heavy atom. The Morgan fingerprint density at radius 3 is 2.82 bits per heavy atom. The van der Waals surface area contributed by atoms with E-state index in [1.807, 2.05) is 24.9 Å². The number of benzene rings is 2. The van der Waals surface area contributed by atoms with E-state index in [4.69, 9.17) is 31.8 Å². The van der Waals surface area contributed by atoms with Crippen LogP contribution in [0.25, 0.3) is 32.1 Å². The van der Waals surface area contributed by atoms with Crippen LogP contribution in [0.2, 0.25) is 5.02 Å². The topological polar surface area (TPSA) is 130 Å². The molecule has 14 heteroatoms. The number of thiophene rings is 1. The lowest BCUT2D eigenvalue weighted by Gasteiger charge is -2.27. The number of ether oxygens (including phenoxy) is 2. The maximum absolute atomic E-state index is 17.0. The normalized spacial score (nSPS) is 21.8. The van der Waals surface area contributed by atoms with Gasteiger partial charge in [-0.1, -0.05) is 17.7 Å². The lowest BCUT2D eigenvalue weighted by atomic mass is 9.96. The van der Waals surface area contributed by atoms with Crippen LogP contribution >= 0.6 is 22.9 Å². The van der Waals surface area contributed by atoms with Crippen molar-refractivity contribution in [3.8, 4) is 29.0 Å². The number of nitrogens with zero attached hydrogens (tertiary/aromatic N) is 5. The van der Waals surface area contributed by atoms with E-state index < -0.39 is 11.6 Å². The smallest absolute Gasteiger partial charge is 0.319 e. The number of nitrogen functional groups attached to an aromatic ring is 1. The lowest BCUT2D eigenvalue weighted by molar-refractivity contribution is -0.121. The first-order valence-corrected chi connectivity index (χ1v) is 16.0. The molecule has 10 nitrogen and oxygen atoms in total. The first-order chi connectivity index (χ1) is 21.6. The van der Waals surface area contributed by atoms with Gasteiger partial charge in [0.05, 0.1) is 33.1 Å². The van der Waals surface area contributed by atoms with Gasteiger partial charge in [-0.25, -0.2) is 8.78 Å². The number of carbonyl (C=O) groups is 1. The second kappa shape index (κ2) is 11.1. The maximum Gasteiger partial charge on any atom is 0.319 e. The van der Waals surface area contributed by atoms with Gasteiger partial charge in [-0.15, -0.1) is 11.3 Å². The van der Waals surface area contributed by atoms with E-state index in [-0.39, 0.29) is 96.1 Å². The predicted octanol–water partition coefficient (Wildman–Crippen LogP) is 5.09. The Bertz CT molecular complexity index is 1930. The van der Waals surface area contributed by atoms with Crippen LogP contribution in [0.15, 0.2) is 12.1 Å². The van der Waals surface area contributed by atoms with Gasteiger partial charge in [0.15, 0.2) is 11.6 Å². The molecule has 7 rings (SSSR count). The molecule has 0 spiro atoms. The number of anilines is 2. The van der Waals surface area contributed by atoms with Crippen LogP contribution < -0.4 is 25.4 Å². The van der Waals surface area contributed by atoms with Crippen LogP contribution in [0.3, 0.4) is 0 Å². The number of nitrogens with one attached hydrogen (secondary N) is 1. The summed E-state index contributed by atoms with van der Waals surface area (Å²) in [5, 5.41) is 13.1. The summed E-state index contributed by atoms with van der Waals surface area (Å²) in [6, 6.07) is 4.53. The molecular weight excluding hydrogens is 624 g/mol. The summed E-state index contributed by atoms with van der Waals surface area (Å²) >= 11 is 7.89. The Hall–Kier alpha value is -3.99. The lowest BCUT2D eigenvalue weighted by Crippen LogP contribution is -2.38. The number of amides is 1. The molecule has 4 atom stereocenters. The number of rotatable bonds is 6. The van der Waals surface area contributed by atoms with E-state index in [9.17, 15) is 14.4 Å². The molecule has 3 N–H and O–H groups in total. The van der Waals surface area contributed by atoms with E-state index in [0.29, 0.717) is 18.8 Å². The molecule has 2 aromatic carbocycles. The molecule has 1 saturated heterocycles. The van der Waals surface area contributed by atoms with Crippen molar-refractivity contribution >= 4 is 60.7 Å². The fourth-order valence-electron chi connectivity index (χ4n) is 6.82. The van der Waals surface area contributed by atoms with Crippen LogP contribution in [0.1, 0.15) is 31.7 Å². The molecule has 1 saturated carbocycles. The molecule has 1 aliphatic carbocycles. The van der Waals surface area contributed by atoms with E-state index in [1.165, 1.54) is 12.1 Å². The van der Waals surface area contributed by atoms with Gasteiger partial charge in [0.1, 0.15) is 40.9 Å².